The Morgan fingerprint density at radius 2 is 2.05 bits per heavy atom. The summed E-state index contributed by atoms with van der Waals surface area (Å²) in [6, 6.07) is 2.70. The molecule has 0 aliphatic rings. The highest BCUT2D eigenvalue weighted by Gasteiger charge is 2.35. The quantitative estimate of drug-likeness (QED) is 0.751. The first-order valence-electron chi connectivity index (χ1n) is 6.05. The molecule has 0 aliphatic heterocycles. The van der Waals surface area contributed by atoms with Crippen LogP contribution in [0.2, 0.25) is 0 Å². The molecule has 4 nitrogen and oxygen atoms in total. The first-order chi connectivity index (χ1) is 9.70. The molecule has 0 bridgehead atoms. The van der Waals surface area contributed by atoms with Crippen LogP contribution in [0, 0.1) is 0 Å². The van der Waals surface area contributed by atoms with Gasteiger partial charge < -0.3 is 15.5 Å². The summed E-state index contributed by atoms with van der Waals surface area (Å²) in [6.07, 6.45) is -2.96. The third-order valence-corrected chi connectivity index (χ3v) is 4.15. The molecule has 2 unspecified atom stereocenters. The highest BCUT2D eigenvalue weighted by atomic mass is 32.2. The number of aromatic carboxylic acids is 1. The van der Waals surface area contributed by atoms with Crippen molar-refractivity contribution in [3.63, 3.8) is 0 Å². The summed E-state index contributed by atoms with van der Waals surface area (Å²) in [5, 5.41) is 20.6. The minimum Gasteiger partial charge on any atom is -0.478 e. The number of nitrogens with one attached hydrogen (secondary N) is 1. The van der Waals surface area contributed by atoms with E-state index in [-0.39, 0.29) is 23.6 Å². The van der Waals surface area contributed by atoms with Crippen molar-refractivity contribution in [2.24, 2.45) is 0 Å². The van der Waals surface area contributed by atoms with Gasteiger partial charge in [0.15, 0.2) is 0 Å². The third-order valence-electron chi connectivity index (χ3n) is 2.99. The maximum absolute atomic E-state index is 12.9. The molecule has 0 heterocycles. The Bertz CT molecular complexity index is 504. The van der Waals surface area contributed by atoms with Crippen LogP contribution in [0.1, 0.15) is 22.8 Å². The van der Waals surface area contributed by atoms with Gasteiger partial charge in [0.05, 0.1) is 17.7 Å². The van der Waals surface area contributed by atoms with E-state index in [1.54, 1.807) is 13.2 Å². The number of halogens is 3. The smallest absolute Gasteiger partial charge is 0.417 e. The van der Waals surface area contributed by atoms with Gasteiger partial charge in [-0.25, -0.2) is 4.79 Å². The zero-order valence-corrected chi connectivity index (χ0v) is 12.3. The second-order valence-corrected chi connectivity index (χ2v) is 5.53. The summed E-state index contributed by atoms with van der Waals surface area (Å²) in [5.41, 5.74) is -1.83. The number of carboxylic acids is 1. The molecular weight excluding hydrogens is 307 g/mol. The van der Waals surface area contributed by atoms with E-state index >= 15 is 0 Å². The van der Waals surface area contributed by atoms with Crippen molar-refractivity contribution in [2.45, 2.75) is 24.4 Å². The Labute approximate surface area is 124 Å². The average Bonchev–Trinajstić information content (AvgIpc) is 2.38. The molecule has 0 radical (unpaired) electrons. The fourth-order valence-corrected chi connectivity index (χ4v) is 2.47. The number of carboxylic acid groups (broad SMARTS) is 1. The Kier molecular flexibility index (Phi) is 5.91. The SMILES string of the molecule is CSC(CO)C(C)Nc1ccc(C(=O)O)c(C(F)(F)F)c1. The van der Waals surface area contributed by atoms with Crippen LogP contribution in [0.4, 0.5) is 18.9 Å². The predicted molar refractivity (Wildman–Crippen MR) is 75.9 cm³/mol. The van der Waals surface area contributed by atoms with Gasteiger partial charge in [-0.05, 0) is 31.4 Å². The molecule has 1 aromatic rings. The average molecular weight is 323 g/mol. The van der Waals surface area contributed by atoms with Crippen LogP contribution >= 0.6 is 11.8 Å². The van der Waals surface area contributed by atoms with Crippen molar-refractivity contribution >= 4 is 23.4 Å². The molecule has 0 amide bonds. The van der Waals surface area contributed by atoms with Crippen LogP contribution in [0.3, 0.4) is 0 Å². The Morgan fingerprint density at radius 3 is 2.48 bits per heavy atom. The molecular formula is C13H16F3NO3S. The van der Waals surface area contributed by atoms with Crippen molar-refractivity contribution in [3.8, 4) is 0 Å². The molecule has 0 saturated carbocycles. The fourth-order valence-electron chi connectivity index (χ4n) is 1.85. The first kappa shape index (κ1) is 17.6. The molecule has 2 atom stereocenters. The molecule has 0 aliphatic carbocycles. The Balaban J connectivity index is 3.09. The van der Waals surface area contributed by atoms with Crippen molar-refractivity contribution < 1.29 is 28.2 Å². The molecule has 118 valence electrons. The molecule has 21 heavy (non-hydrogen) atoms. The topological polar surface area (TPSA) is 69.6 Å². The van der Waals surface area contributed by atoms with E-state index < -0.39 is 23.3 Å². The molecule has 0 fully saturated rings. The van der Waals surface area contributed by atoms with Crippen LogP contribution in [0.25, 0.3) is 0 Å². The first-order valence-corrected chi connectivity index (χ1v) is 7.34. The Hall–Kier alpha value is -1.41. The monoisotopic (exact) mass is 323 g/mol. The van der Waals surface area contributed by atoms with Gasteiger partial charge in [-0.1, -0.05) is 0 Å². The number of hydrogen-bond acceptors (Lipinski definition) is 4. The Morgan fingerprint density at radius 1 is 1.43 bits per heavy atom. The predicted octanol–water partition coefficient (Wildman–Crippen LogP) is 2.93. The lowest BCUT2D eigenvalue weighted by Crippen LogP contribution is -2.31. The van der Waals surface area contributed by atoms with Crippen molar-refractivity contribution in [3.05, 3.63) is 29.3 Å². The molecule has 1 rings (SSSR count). The largest absolute Gasteiger partial charge is 0.478 e. The molecule has 0 spiro atoms. The maximum atomic E-state index is 12.9. The standard InChI is InChI=1S/C13H16F3NO3S/c1-7(11(6-18)21-2)17-8-3-4-9(12(19)20)10(5-8)13(14,15)16/h3-5,7,11,17-18H,6H2,1-2H3,(H,19,20). The lowest BCUT2D eigenvalue weighted by atomic mass is 10.1. The number of benzene rings is 1. The van der Waals surface area contributed by atoms with E-state index in [1.165, 1.54) is 17.8 Å². The maximum Gasteiger partial charge on any atom is 0.417 e. The number of carbonyl (C=O) groups is 1. The van der Waals surface area contributed by atoms with E-state index in [0.717, 1.165) is 12.1 Å². The number of rotatable bonds is 6. The summed E-state index contributed by atoms with van der Waals surface area (Å²) < 4.78 is 38.6. The number of hydrogen-bond donors (Lipinski definition) is 3. The second kappa shape index (κ2) is 7.04. The lowest BCUT2D eigenvalue weighted by Gasteiger charge is -2.23. The summed E-state index contributed by atoms with van der Waals surface area (Å²) in [6.45, 7) is 1.62. The third kappa shape index (κ3) is 4.53. The van der Waals surface area contributed by atoms with Crippen molar-refractivity contribution in [1.82, 2.24) is 0 Å². The number of thioether (sulfide) groups is 1. The van der Waals surface area contributed by atoms with E-state index in [9.17, 15) is 18.0 Å². The van der Waals surface area contributed by atoms with E-state index in [4.69, 9.17) is 10.2 Å². The van der Waals surface area contributed by atoms with Crippen LogP contribution in [0.15, 0.2) is 18.2 Å². The van der Waals surface area contributed by atoms with Gasteiger partial charge in [0.25, 0.3) is 0 Å². The van der Waals surface area contributed by atoms with Gasteiger partial charge in [0, 0.05) is 17.0 Å². The van der Waals surface area contributed by atoms with Gasteiger partial charge in [-0.3, -0.25) is 0 Å². The number of anilines is 1. The van der Waals surface area contributed by atoms with Crippen LogP contribution in [0.5, 0.6) is 0 Å². The normalized spacial score (nSPS) is 14.6. The van der Waals surface area contributed by atoms with E-state index in [0.29, 0.717) is 0 Å². The van der Waals surface area contributed by atoms with E-state index in [2.05, 4.69) is 5.32 Å². The number of alkyl halides is 3. The van der Waals surface area contributed by atoms with Gasteiger partial charge in [0.2, 0.25) is 0 Å². The summed E-state index contributed by atoms with van der Waals surface area (Å²) >= 11 is 1.39. The number of aliphatic hydroxyl groups is 1. The molecule has 8 heteroatoms. The van der Waals surface area contributed by atoms with Crippen LogP contribution in [-0.2, 0) is 6.18 Å². The highest BCUT2D eigenvalue weighted by molar-refractivity contribution is 7.99. The summed E-state index contributed by atoms with van der Waals surface area (Å²) in [5.74, 6) is -1.63. The van der Waals surface area contributed by atoms with Gasteiger partial charge in [-0.2, -0.15) is 24.9 Å². The van der Waals surface area contributed by atoms with Crippen molar-refractivity contribution in [1.29, 1.82) is 0 Å². The molecule has 1 aromatic carbocycles. The minimum atomic E-state index is -4.75. The summed E-state index contributed by atoms with van der Waals surface area (Å²) in [4.78, 5) is 10.8. The zero-order chi connectivity index (χ0) is 16.2. The fraction of sp³-hybridized carbons (Fsp3) is 0.462. The molecule has 3 N–H and O–H groups in total. The molecule has 0 aromatic heterocycles. The second-order valence-electron chi connectivity index (χ2n) is 4.45. The van der Waals surface area contributed by atoms with Crippen LogP contribution in [-0.4, -0.2) is 40.3 Å². The van der Waals surface area contributed by atoms with Crippen LogP contribution < -0.4 is 5.32 Å². The van der Waals surface area contributed by atoms with Gasteiger partial charge >= 0.3 is 12.1 Å². The highest BCUT2D eigenvalue weighted by Crippen LogP contribution is 2.34. The van der Waals surface area contributed by atoms with Crippen molar-refractivity contribution in [2.75, 3.05) is 18.2 Å². The van der Waals surface area contributed by atoms with Gasteiger partial charge in [-0.15, -0.1) is 0 Å². The zero-order valence-electron chi connectivity index (χ0n) is 11.4. The minimum absolute atomic E-state index is 0.116. The summed E-state index contributed by atoms with van der Waals surface area (Å²) in [7, 11) is 0. The molecule has 0 saturated heterocycles. The van der Waals surface area contributed by atoms with Gasteiger partial charge in [0.1, 0.15) is 0 Å². The number of aliphatic hydroxyl groups excluding tert-OH is 1. The lowest BCUT2D eigenvalue weighted by molar-refractivity contribution is -0.138. The van der Waals surface area contributed by atoms with E-state index in [1.807, 2.05) is 0 Å².